The van der Waals surface area contributed by atoms with Crippen molar-refractivity contribution in [1.29, 1.82) is 0 Å². The molecule has 2 aliphatic heterocycles. The third-order valence-electron chi connectivity index (χ3n) is 6.13. The molecule has 1 fully saturated rings. The van der Waals surface area contributed by atoms with Crippen molar-refractivity contribution in [2.24, 2.45) is 0 Å². The Labute approximate surface area is 201 Å². The fraction of sp³-hybridized carbons (Fsp3) is 0.320. The van der Waals surface area contributed by atoms with Crippen LogP contribution < -0.4 is 9.64 Å². The van der Waals surface area contributed by atoms with E-state index in [1.54, 1.807) is 29.2 Å². The Bertz CT molecular complexity index is 1220. The monoisotopic (exact) mass is 484 g/mol. The molecule has 1 saturated heterocycles. The molecule has 0 aliphatic carbocycles. The lowest BCUT2D eigenvalue weighted by Crippen LogP contribution is -2.37. The molecule has 0 N–H and O–H groups in total. The first-order chi connectivity index (χ1) is 16.5. The number of hydrogen-bond donors (Lipinski definition) is 0. The van der Waals surface area contributed by atoms with Crippen LogP contribution in [-0.2, 0) is 13.0 Å². The second-order valence-corrected chi connectivity index (χ2v) is 8.90. The topological polar surface area (TPSA) is 58.6 Å². The molecule has 6 nitrogen and oxygen atoms in total. The van der Waals surface area contributed by atoms with E-state index in [0.29, 0.717) is 35.1 Å². The molecule has 9 heteroatoms. The van der Waals surface area contributed by atoms with Crippen molar-refractivity contribution in [2.75, 3.05) is 24.5 Å². The van der Waals surface area contributed by atoms with Crippen LogP contribution in [0.5, 0.6) is 11.6 Å². The fourth-order valence-electron chi connectivity index (χ4n) is 4.30. The number of rotatable bonds is 4. The highest BCUT2D eigenvalue weighted by atomic mass is 35.5. The average Bonchev–Trinajstić information content (AvgIpc) is 2.86. The Morgan fingerprint density at radius 1 is 0.971 bits per heavy atom. The van der Waals surface area contributed by atoms with Crippen molar-refractivity contribution < 1.29 is 18.3 Å². The summed E-state index contributed by atoms with van der Waals surface area (Å²) in [6.07, 6.45) is 3.77. The first kappa shape index (κ1) is 22.5. The molecule has 0 spiro atoms. The minimum absolute atomic E-state index is 0.131. The Morgan fingerprint density at radius 3 is 2.47 bits per heavy atom. The molecule has 5 rings (SSSR count). The lowest BCUT2D eigenvalue weighted by atomic mass is 10.0. The van der Waals surface area contributed by atoms with Crippen LogP contribution in [0.3, 0.4) is 0 Å². The quantitative estimate of drug-likeness (QED) is 0.497. The Kier molecular flexibility index (Phi) is 6.32. The van der Waals surface area contributed by atoms with Gasteiger partial charge in [-0.25, -0.2) is 13.8 Å². The Morgan fingerprint density at radius 2 is 1.74 bits per heavy atom. The normalized spacial score (nSPS) is 15.7. The zero-order valence-electron chi connectivity index (χ0n) is 18.4. The van der Waals surface area contributed by atoms with Gasteiger partial charge >= 0.3 is 0 Å². The summed E-state index contributed by atoms with van der Waals surface area (Å²) in [5.74, 6) is -1.08. The van der Waals surface area contributed by atoms with Crippen molar-refractivity contribution in [3.63, 3.8) is 0 Å². The number of anilines is 1. The largest absolute Gasteiger partial charge is 0.435 e. The van der Waals surface area contributed by atoms with Crippen LogP contribution >= 0.6 is 11.6 Å². The lowest BCUT2D eigenvalue weighted by Gasteiger charge is -2.32. The van der Waals surface area contributed by atoms with Crippen molar-refractivity contribution in [1.82, 2.24) is 14.9 Å². The summed E-state index contributed by atoms with van der Waals surface area (Å²) in [6, 6.07) is 9.85. The van der Waals surface area contributed by atoms with E-state index < -0.39 is 11.6 Å². The van der Waals surface area contributed by atoms with E-state index in [4.69, 9.17) is 21.3 Å². The van der Waals surface area contributed by atoms with E-state index in [0.717, 1.165) is 50.2 Å². The number of halogens is 3. The standard InChI is InChI=1S/C25H23ClF2N4O2/c26-17-6-4-16(5-7-17)24(33)32-13-10-21-19(15-32)23(34-22-9-8-18(27)14-20(22)28)30-25(29-21)31-11-2-1-3-12-31/h4-9,14H,1-3,10-13,15H2. The molecule has 0 saturated carbocycles. The zero-order chi connectivity index (χ0) is 23.7. The Hall–Kier alpha value is -3.26. The van der Waals surface area contributed by atoms with Gasteiger partial charge in [-0.1, -0.05) is 11.6 Å². The zero-order valence-corrected chi connectivity index (χ0v) is 19.2. The van der Waals surface area contributed by atoms with E-state index in [1.807, 2.05) is 0 Å². The number of benzene rings is 2. The van der Waals surface area contributed by atoms with E-state index in [1.165, 1.54) is 6.07 Å². The highest BCUT2D eigenvalue weighted by Gasteiger charge is 2.29. The summed E-state index contributed by atoms with van der Waals surface area (Å²) in [6.45, 7) is 2.37. The number of ether oxygens (including phenoxy) is 1. The van der Waals surface area contributed by atoms with Crippen molar-refractivity contribution in [3.8, 4) is 11.6 Å². The summed E-state index contributed by atoms with van der Waals surface area (Å²) in [5, 5.41) is 0.552. The van der Waals surface area contributed by atoms with Crippen molar-refractivity contribution in [2.45, 2.75) is 32.2 Å². The number of aromatic nitrogens is 2. The Balaban J connectivity index is 1.49. The van der Waals surface area contributed by atoms with Crippen molar-refractivity contribution in [3.05, 3.63) is 75.9 Å². The molecular weight excluding hydrogens is 462 g/mol. The molecule has 3 aromatic rings. The third-order valence-corrected chi connectivity index (χ3v) is 6.38. The maximum Gasteiger partial charge on any atom is 0.254 e. The third kappa shape index (κ3) is 4.68. The van der Waals surface area contributed by atoms with E-state index in [2.05, 4.69) is 9.88 Å². The smallest absolute Gasteiger partial charge is 0.254 e. The predicted octanol–water partition coefficient (Wildman–Crippen LogP) is 5.39. The minimum atomic E-state index is -0.822. The van der Waals surface area contributed by atoms with Crippen LogP contribution in [0.4, 0.5) is 14.7 Å². The number of hydrogen-bond acceptors (Lipinski definition) is 5. The van der Waals surface area contributed by atoms with Crippen LogP contribution in [0.25, 0.3) is 0 Å². The molecule has 3 heterocycles. The molecule has 1 aromatic heterocycles. The van der Waals surface area contributed by atoms with Gasteiger partial charge in [-0.3, -0.25) is 4.79 Å². The van der Waals surface area contributed by atoms with Crippen LogP contribution in [-0.4, -0.2) is 40.4 Å². The number of fused-ring (bicyclic) bond motifs is 1. The maximum atomic E-state index is 14.4. The van der Waals surface area contributed by atoms with Gasteiger partial charge in [0, 0.05) is 42.7 Å². The fourth-order valence-corrected chi connectivity index (χ4v) is 4.43. The summed E-state index contributed by atoms with van der Waals surface area (Å²) in [5.41, 5.74) is 1.91. The van der Waals surface area contributed by atoms with Gasteiger partial charge in [-0.15, -0.1) is 0 Å². The molecule has 0 bridgehead atoms. The molecule has 2 aliphatic rings. The van der Waals surface area contributed by atoms with Crippen LogP contribution in [0.1, 0.15) is 40.9 Å². The number of amides is 1. The molecule has 2 aromatic carbocycles. The lowest BCUT2D eigenvalue weighted by molar-refractivity contribution is 0.0732. The first-order valence-electron chi connectivity index (χ1n) is 11.3. The van der Waals surface area contributed by atoms with Crippen LogP contribution in [0.2, 0.25) is 5.02 Å². The molecular formula is C25H23ClF2N4O2. The molecule has 0 unspecified atom stereocenters. The molecule has 1 amide bonds. The summed E-state index contributed by atoms with van der Waals surface area (Å²) >= 11 is 5.95. The van der Waals surface area contributed by atoms with Gasteiger partial charge in [-0.05, 0) is 55.7 Å². The number of carbonyl (C=O) groups is 1. The number of carbonyl (C=O) groups excluding carboxylic acids is 1. The highest BCUT2D eigenvalue weighted by Crippen LogP contribution is 2.33. The van der Waals surface area contributed by atoms with E-state index >= 15 is 0 Å². The van der Waals surface area contributed by atoms with Gasteiger partial charge in [0.15, 0.2) is 11.6 Å². The molecule has 0 radical (unpaired) electrons. The second kappa shape index (κ2) is 9.54. The van der Waals surface area contributed by atoms with Crippen molar-refractivity contribution >= 4 is 23.5 Å². The predicted molar refractivity (Wildman–Crippen MR) is 124 cm³/mol. The summed E-state index contributed by atoms with van der Waals surface area (Å²) in [4.78, 5) is 26.3. The van der Waals surface area contributed by atoms with Gasteiger partial charge in [-0.2, -0.15) is 4.98 Å². The first-order valence-corrected chi connectivity index (χ1v) is 11.7. The van der Waals surface area contributed by atoms with Gasteiger partial charge in [0.05, 0.1) is 17.8 Å². The summed E-state index contributed by atoms with van der Waals surface area (Å²) < 4.78 is 33.7. The summed E-state index contributed by atoms with van der Waals surface area (Å²) in [7, 11) is 0. The minimum Gasteiger partial charge on any atom is -0.435 e. The average molecular weight is 485 g/mol. The SMILES string of the molecule is O=C(c1ccc(Cl)cc1)N1CCc2nc(N3CCCCC3)nc(Oc3ccc(F)cc3F)c2C1. The van der Waals surface area contributed by atoms with Crippen LogP contribution in [0, 0.1) is 11.6 Å². The molecule has 34 heavy (non-hydrogen) atoms. The molecule has 0 atom stereocenters. The van der Waals surface area contributed by atoms with E-state index in [-0.39, 0.29) is 24.1 Å². The van der Waals surface area contributed by atoms with Crippen LogP contribution in [0.15, 0.2) is 42.5 Å². The van der Waals surface area contributed by atoms with Gasteiger partial charge in [0.2, 0.25) is 11.8 Å². The number of piperidine rings is 1. The van der Waals surface area contributed by atoms with Gasteiger partial charge in [0.25, 0.3) is 5.91 Å². The number of nitrogens with zero attached hydrogens (tertiary/aromatic N) is 4. The van der Waals surface area contributed by atoms with Gasteiger partial charge < -0.3 is 14.5 Å². The maximum absolute atomic E-state index is 14.4. The second-order valence-electron chi connectivity index (χ2n) is 8.46. The van der Waals surface area contributed by atoms with Gasteiger partial charge in [0.1, 0.15) is 5.82 Å². The molecule has 176 valence electrons. The van der Waals surface area contributed by atoms with E-state index in [9.17, 15) is 13.6 Å². The highest BCUT2D eigenvalue weighted by molar-refractivity contribution is 6.30.